The molecule has 0 aliphatic rings. The van der Waals surface area contributed by atoms with Gasteiger partial charge in [0.25, 0.3) is 0 Å². The maximum Gasteiger partial charge on any atom is 0.182 e. The van der Waals surface area contributed by atoms with Crippen LogP contribution in [0.3, 0.4) is 0 Å². The summed E-state index contributed by atoms with van der Waals surface area (Å²) in [6.45, 7) is 0.321. The lowest BCUT2D eigenvalue weighted by atomic mass is 10.2. The van der Waals surface area contributed by atoms with Crippen LogP contribution in [0.5, 0.6) is 0 Å². The number of nitrogens with zero attached hydrogens (tertiary/aromatic N) is 1. The van der Waals surface area contributed by atoms with Crippen molar-refractivity contribution in [2.45, 2.75) is 19.4 Å². The number of sulfone groups is 1. The maximum atomic E-state index is 11.6. The summed E-state index contributed by atoms with van der Waals surface area (Å²) in [5.74, 6) is -0.0910. The fourth-order valence-corrected chi connectivity index (χ4v) is 2.50. The van der Waals surface area contributed by atoms with Gasteiger partial charge in [-0.15, -0.1) is 11.3 Å². The van der Waals surface area contributed by atoms with Crippen molar-refractivity contribution in [3.8, 4) is 0 Å². The van der Waals surface area contributed by atoms with Gasteiger partial charge in [0.2, 0.25) is 0 Å². The second kappa shape index (κ2) is 5.51. The first-order valence-electron chi connectivity index (χ1n) is 4.78. The minimum absolute atomic E-state index is 0.0343. The number of hydrogen-bond acceptors (Lipinski definition) is 6. The molecule has 0 atom stereocenters. The van der Waals surface area contributed by atoms with Gasteiger partial charge in [-0.25, -0.2) is 13.4 Å². The molecule has 0 saturated carbocycles. The smallest absolute Gasteiger partial charge is 0.182 e. The molecule has 0 bridgehead atoms. The molecule has 16 heavy (non-hydrogen) atoms. The van der Waals surface area contributed by atoms with Crippen molar-refractivity contribution < 1.29 is 13.2 Å². The molecular weight excluding hydrogens is 248 g/mol. The van der Waals surface area contributed by atoms with Gasteiger partial charge in [0.05, 0.1) is 5.75 Å². The Morgan fingerprint density at radius 2 is 2.25 bits per heavy atom. The summed E-state index contributed by atoms with van der Waals surface area (Å²) in [7, 11) is -2.99. The third-order valence-corrected chi connectivity index (χ3v) is 3.83. The Hall–Kier alpha value is -0.790. The number of nitrogens with two attached hydrogens (primary N) is 1. The van der Waals surface area contributed by atoms with E-state index in [4.69, 9.17) is 5.73 Å². The summed E-state index contributed by atoms with van der Waals surface area (Å²) in [5, 5.41) is 2.37. The standard InChI is InChI=1S/C9H14N2O3S2/c1-16(13,14)4-2-3-8(12)7-6-15-9(5-10)11-7/h6H,2-5,10H2,1H3. The molecule has 5 nitrogen and oxygen atoms in total. The molecule has 7 heteroatoms. The van der Waals surface area contributed by atoms with Gasteiger partial charge in [-0.3, -0.25) is 4.79 Å². The van der Waals surface area contributed by atoms with Gasteiger partial charge < -0.3 is 5.73 Å². The van der Waals surface area contributed by atoms with E-state index in [0.717, 1.165) is 6.26 Å². The van der Waals surface area contributed by atoms with Crippen molar-refractivity contribution in [3.63, 3.8) is 0 Å². The van der Waals surface area contributed by atoms with Gasteiger partial charge in [0.1, 0.15) is 20.5 Å². The van der Waals surface area contributed by atoms with Crippen LogP contribution in [0.1, 0.15) is 28.3 Å². The predicted molar refractivity (Wildman–Crippen MR) is 63.3 cm³/mol. The SMILES string of the molecule is CS(=O)(=O)CCCC(=O)c1csc(CN)n1. The van der Waals surface area contributed by atoms with Crippen LogP contribution in [-0.2, 0) is 16.4 Å². The van der Waals surface area contributed by atoms with Gasteiger partial charge in [-0.2, -0.15) is 0 Å². The third-order valence-electron chi connectivity index (χ3n) is 1.93. The molecule has 0 aliphatic heterocycles. The largest absolute Gasteiger partial charge is 0.325 e. The van der Waals surface area contributed by atoms with Crippen molar-refractivity contribution in [1.82, 2.24) is 4.98 Å². The molecule has 0 aromatic carbocycles. The van der Waals surface area contributed by atoms with E-state index in [1.807, 2.05) is 0 Å². The summed E-state index contributed by atoms with van der Waals surface area (Å²) in [5.41, 5.74) is 5.77. The normalized spacial score (nSPS) is 11.6. The first kappa shape index (κ1) is 13.3. The number of thiazole rings is 1. The van der Waals surface area contributed by atoms with Crippen LogP contribution in [0.4, 0.5) is 0 Å². The fraction of sp³-hybridized carbons (Fsp3) is 0.556. The molecule has 0 amide bonds. The number of aromatic nitrogens is 1. The third kappa shape index (κ3) is 4.38. The topological polar surface area (TPSA) is 90.1 Å². The first-order chi connectivity index (χ1) is 7.42. The minimum Gasteiger partial charge on any atom is -0.325 e. The van der Waals surface area contributed by atoms with Gasteiger partial charge in [-0.1, -0.05) is 0 Å². The summed E-state index contributed by atoms with van der Waals surface area (Å²) < 4.78 is 21.7. The Balaban J connectivity index is 2.47. The molecule has 1 rings (SSSR count). The number of carbonyl (C=O) groups is 1. The zero-order valence-corrected chi connectivity index (χ0v) is 10.6. The molecule has 90 valence electrons. The lowest BCUT2D eigenvalue weighted by Crippen LogP contribution is -2.07. The van der Waals surface area contributed by atoms with Crippen LogP contribution in [0, 0.1) is 0 Å². The molecule has 1 aromatic rings. The van der Waals surface area contributed by atoms with Crippen LogP contribution >= 0.6 is 11.3 Å². The molecule has 0 saturated heterocycles. The molecular formula is C9H14N2O3S2. The molecule has 1 aromatic heterocycles. The Labute approximate surface area is 98.6 Å². The van der Waals surface area contributed by atoms with E-state index >= 15 is 0 Å². The van der Waals surface area contributed by atoms with Gasteiger partial charge in [0, 0.05) is 24.6 Å². The van der Waals surface area contributed by atoms with E-state index in [1.54, 1.807) is 5.38 Å². The quantitative estimate of drug-likeness (QED) is 0.758. The van der Waals surface area contributed by atoms with Crippen LogP contribution in [0.25, 0.3) is 0 Å². The Morgan fingerprint density at radius 3 is 2.75 bits per heavy atom. The highest BCUT2D eigenvalue weighted by atomic mass is 32.2. The average Bonchev–Trinajstić information content (AvgIpc) is 2.63. The highest BCUT2D eigenvalue weighted by Crippen LogP contribution is 2.11. The average molecular weight is 262 g/mol. The summed E-state index contributed by atoms with van der Waals surface area (Å²) in [6.07, 6.45) is 1.71. The monoisotopic (exact) mass is 262 g/mol. The van der Waals surface area contributed by atoms with Gasteiger partial charge in [-0.05, 0) is 6.42 Å². The second-order valence-electron chi connectivity index (χ2n) is 3.49. The summed E-state index contributed by atoms with van der Waals surface area (Å²) in [4.78, 5) is 15.6. The molecule has 0 fully saturated rings. The summed E-state index contributed by atoms with van der Waals surface area (Å²) in [6, 6.07) is 0. The van der Waals surface area contributed by atoms with Crippen LogP contribution in [-0.4, -0.2) is 31.2 Å². The van der Waals surface area contributed by atoms with Gasteiger partial charge >= 0.3 is 0 Å². The molecule has 2 N–H and O–H groups in total. The predicted octanol–water partition coefficient (Wildman–Crippen LogP) is 0.609. The fourth-order valence-electron chi connectivity index (χ4n) is 1.16. The molecule has 0 unspecified atom stereocenters. The lowest BCUT2D eigenvalue weighted by Gasteiger charge is -1.97. The Kier molecular flexibility index (Phi) is 4.57. The number of Topliss-reactive ketones (excluding diaryl/α,β-unsaturated/α-hetero) is 1. The highest BCUT2D eigenvalue weighted by Gasteiger charge is 2.11. The highest BCUT2D eigenvalue weighted by molar-refractivity contribution is 7.90. The van der Waals surface area contributed by atoms with E-state index in [9.17, 15) is 13.2 Å². The first-order valence-corrected chi connectivity index (χ1v) is 7.72. The van der Waals surface area contributed by atoms with E-state index in [2.05, 4.69) is 4.98 Å². The van der Waals surface area contributed by atoms with Crippen molar-refractivity contribution in [2.75, 3.05) is 12.0 Å². The number of carbonyl (C=O) groups excluding carboxylic acids is 1. The Morgan fingerprint density at radius 1 is 1.56 bits per heavy atom. The lowest BCUT2D eigenvalue weighted by molar-refractivity contribution is 0.0977. The molecule has 0 aliphatic carbocycles. The van der Waals surface area contributed by atoms with Crippen molar-refractivity contribution in [3.05, 3.63) is 16.1 Å². The van der Waals surface area contributed by atoms with Crippen LogP contribution < -0.4 is 5.73 Å². The van der Waals surface area contributed by atoms with E-state index < -0.39 is 9.84 Å². The Bertz CT molecular complexity index is 465. The van der Waals surface area contributed by atoms with E-state index in [1.165, 1.54) is 11.3 Å². The number of hydrogen-bond donors (Lipinski definition) is 1. The van der Waals surface area contributed by atoms with E-state index in [0.29, 0.717) is 23.7 Å². The van der Waals surface area contributed by atoms with Crippen LogP contribution in [0.15, 0.2) is 5.38 Å². The summed E-state index contributed by atoms with van der Waals surface area (Å²) >= 11 is 1.34. The van der Waals surface area contributed by atoms with Crippen molar-refractivity contribution >= 4 is 27.0 Å². The van der Waals surface area contributed by atoms with E-state index in [-0.39, 0.29) is 18.0 Å². The number of rotatable bonds is 6. The van der Waals surface area contributed by atoms with Crippen molar-refractivity contribution in [1.29, 1.82) is 0 Å². The molecule has 0 spiro atoms. The number of ketones is 1. The minimum atomic E-state index is -2.99. The van der Waals surface area contributed by atoms with Crippen molar-refractivity contribution in [2.24, 2.45) is 5.73 Å². The van der Waals surface area contributed by atoms with Crippen LogP contribution in [0.2, 0.25) is 0 Å². The molecule has 0 radical (unpaired) electrons. The molecule has 1 heterocycles. The zero-order valence-electron chi connectivity index (χ0n) is 8.97. The van der Waals surface area contributed by atoms with Gasteiger partial charge in [0.15, 0.2) is 5.78 Å². The maximum absolute atomic E-state index is 11.6. The second-order valence-corrected chi connectivity index (χ2v) is 6.69. The zero-order chi connectivity index (χ0) is 12.2.